The second-order valence-electron chi connectivity index (χ2n) is 8.04. The molecule has 1 amide bonds. The molecule has 0 aliphatic carbocycles. The summed E-state index contributed by atoms with van der Waals surface area (Å²) in [6.45, 7) is 3.81. The van der Waals surface area contributed by atoms with E-state index in [1.807, 2.05) is 6.92 Å². The number of aromatic nitrogens is 4. The molecule has 4 rings (SSSR count). The molecule has 4 aromatic rings. The van der Waals surface area contributed by atoms with E-state index < -0.39 is 23.5 Å². The maximum absolute atomic E-state index is 15.0. The van der Waals surface area contributed by atoms with Crippen molar-refractivity contribution in [2.45, 2.75) is 33.0 Å². The molecule has 0 unspecified atom stereocenters. The molecular weight excluding hydrogens is 452 g/mol. The predicted molar refractivity (Wildman–Crippen MR) is 119 cm³/mol. The smallest absolute Gasteiger partial charge is 0.383 e. The Labute approximate surface area is 192 Å². The summed E-state index contributed by atoms with van der Waals surface area (Å²) in [6.07, 6.45) is -3.23. The molecule has 0 saturated heterocycles. The summed E-state index contributed by atoms with van der Waals surface area (Å²) >= 11 is 0. The van der Waals surface area contributed by atoms with Gasteiger partial charge in [0.05, 0.1) is 45.5 Å². The Bertz CT molecular complexity index is 1400. The molecule has 34 heavy (non-hydrogen) atoms. The number of fused-ring (bicyclic) bond motifs is 3. The van der Waals surface area contributed by atoms with Crippen LogP contribution in [-0.4, -0.2) is 37.1 Å². The topological polar surface area (TPSA) is 89.9 Å². The summed E-state index contributed by atoms with van der Waals surface area (Å²) in [4.78, 5) is 22.8. The fourth-order valence-electron chi connectivity index (χ4n) is 4.04. The van der Waals surface area contributed by atoms with Crippen LogP contribution < -0.4 is 5.73 Å². The molecule has 3 aromatic heterocycles. The van der Waals surface area contributed by atoms with E-state index in [0.29, 0.717) is 28.4 Å². The van der Waals surface area contributed by atoms with E-state index >= 15 is 4.39 Å². The van der Waals surface area contributed by atoms with Crippen LogP contribution in [0.5, 0.6) is 0 Å². The zero-order chi connectivity index (χ0) is 24.8. The first-order chi connectivity index (χ1) is 16.0. The van der Waals surface area contributed by atoms with Crippen molar-refractivity contribution in [3.8, 4) is 0 Å². The number of aryl methyl sites for hydroxylation is 2. The third kappa shape index (κ3) is 4.13. The fourth-order valence-corrected chi connectivity index (χ4v) is 4.04. The van der Waals surface area contributed by atoms with Gasteiger partial charge >= 0.3 is 6.18 Å². The Hall–Kier alpha value is -3.76. The standard InChI is InChI=1S/C23H22F4N6O/c1-4-7-33(11-14-6-5-13(10-29-14)23(25,26)27)22(34)15-8-16-18(9-17(15)24)30-21(28)19-12(2)31-32(3)20(16)19/h5-6,8-10H,4,7,11H2,1-3H3,(H2,28,30). The summed E-state index contributed by atoms with van der Waals surface area (Å²) in [5, 5.41) is 5.50. The van der Waals surface area contributed by atoms with Crippen LogP contribution in [0.2, 0.25) is 0 Å². The van der Waals surface area contributed by atoms with Crippen LogP contribution in [0.15, 0.2) is 30.5 Å². The molecule has 2 N–H and O–H groups in total. The molecule has 0 bridgehead atoms. The number of halogens is 4. The van der Waals surface area contributed by atoms with Gasteiger partial charge in [-0.1, -0.05) is 6.92 Å². The summed E-state index contributed by atoms with van der Waals surface area (Å²) < 4.78 is 55.1. The number of alkyl halides is 3. The first kappa shape index (κ1) is 23.4. The van der Waals surface area contributed by atoms with Crippen molar-refractivity contribution in [2.24, 2.45) is 7.05 Å². The van der Waals surface area contributed by atoms with E-state index in [1.54, 1.807) is 18.7 Å². The molecule has 178 valence electrons. The molecule has 1 aromatic carbocycles. The van der Waals surface area contributed by atoms with Gasteiger partial charge in [-0.05, 0) is 31.5 Å². The highest BCUT2D eigenvalue weighted by Crippen LogP contribution is 2.32. The van der Waals surface area contributed by atoms with E-state index in [1.165, 1.54) is 17.0 Å². The molecule has 0 fully saturated rings. The van der Waals surface area contributed by atoms with E-state index in [0.717, 1.165) is 18.3 Å². The molecule has 0 aliphatic heterocycles. The van der Waals surface area contributed by atoms with Crippen LogP contribution in [0.3, 0.4) is 0 Å². The van der Waals surface area contributed by atoms with Crippen molar-refractivity contribution in [2.75, 3.05) is 12.3 Å². The number of amides is 1. The lowest BCUT2D eigenvalue weighted by Gasteiger charge is -2.22. The molecular formula is C23H22F4N6O. The number of hydrogen-bond acceptors (Lipinski definition) is 5. The summed E-state index contributed by atoms with van der Waals surface area (Å²) in [5.41, 5.74) is 6.82. The zero-order valence-electron chi connectivity index (χ0n) is 18.7. The molecule has 0 radical (unpaired) electrons. The predicted octanol–water partition coefficient (Wildman–Crippen LogP) is 4.62. The number of carbonyl (C=O) groups is 1. The van der Waals surface area contributed by atoms with E-state index in [4.69, 9.17) is 5.73 Å². The number of nitrogens with zero attached hydrogens (tertiary/aromatic N) is 5. The quantitative estimate of drug-likeness (QED) is 0.427. The maximum Gasteiger partial charge on any atom is 0.417 e. The van der Waals surface area contributed by atoms with Gasteiger partial charge in [0.25, 0.3) is 5.91 Å². The Morgan fingerprint density at radius 1 is 1.24 bits per heavy atom. The lowest BCUT2D eigenvalue weighted by Crippen LogP contribution is -2.32. The number of hydrogen-bond donors (Lipinski definition) is 1. The summed E-state index contributed by atoms with van der Waals surface area (Å²) in [5.74, 6) is -1.16. The lowest BCUT2D eigenvalue weighted by molar-refractivity contribution is -0.137. The minimum atomic E-state index is -4.51. The van der Waals surface area contributed by atoms with Crippen molar-refractivity contribution in [3.05, 3.63) is 58.8 Å². The lowest BCUT2D eigenvalue weighted by atomic mass is 10.1. The normalized spacial score (nSPS) is 12.0. The molecule has 7 nitrogen and oxygen atoms in total. The van der Waals surface area contributed by atoms with Crippen LogP contribution in [0, 0.1) is 12.7 Å². The average Bonchev–Trinajstić information content (AvgIpc) is 3.07. The van der Waals surface area contributed by atoms with E-state index in [9.17, 15) is 18.0 Å². The minimum Gasteiger partial charge on any atom is -0.383 e. The Morgan fingerprint density at radius 2 is 1.97 bits per heavy atom. The van der Waals surface area contributed by atoms with Crippen LogP contribution in [0.1, 0.15) is 40.7 Å². The van der Waals surface area contributed by atoms with Crippen molar-refractivity contribution < 1.29 is 22.4 Å². The van der Waals surface area contributed by atoms with Crippen LogP contribution in [0.25, 0.3) is 21.8 Å². The number of benzene rings is 1. The monoisotopic (exact) mass is 474 g/mol. The molecule has 0 aliphatic rings. The van der Waals surface area contributed by atoms with Crippen LogP contribution in [0.4, 0.5) is 23.4 Å². The fraction of sp³-hybridized carbons (Fsp3) is 0.304. The van der Waals surface area contributed by atoms with Crippen molar-refractivity contribution >= 4 is 33.5 Å². The molecule has 0 atom stereocenters. The van der Waals surface area contributed by atoms with Crippen LogP contribution >= 0.6 is 0 Å². The highest BCUT2D eigenvalue weighted by Gasteiger charge is 2.31. The second-order valence-corrected chi connectivity index (χ2v) is 8.04. The molecule has 11 heteroatoms. The van der Waals surface area contributed by atoms with Gasteiger partial charge in [0.2, 0.25) is 0 Å². The summed E-state index contributed by atoms with van der Waals surface area (Å²) in [7, 11) is 1.72. The van der Waals surface area contributed by atoms with Crippen molar-refractivity contribution in [1.82, 2.24) is 24.6 Å². The Morgan fingerprint density at radius 3 is 2.59 bits per heavy atom. The van der Waals surface area contributed by atoms with E-state index in [2.05, 4.69) is 15.1 Å². The van der Waals surface area contributed by atoms with Crippen LogP contribution in [-0.2, 0) is 19.8 Å². The van der Waals surface area contributed by atoms with Gasteiger partial charge in [0.15, 0.2) is 0 Å². The van der Waals surface area contributed by atoms with Gasteiger partial charge in [0.1, 0.15) is 11.6 Å². The minimum absolute atomic E-state index is 0.0670. The highest BCUT2D eigenvalue weighted by atomic mass is 19.4. The van der Waals surface area contributed by atoms with Crippen molar-refractivity contribution in [1.29, 1.82) is 0 Å². The third-order valence-corrected chi connectivity index (χ3v) is 5.58. The molecule has 0 spiro atoms. The number of nitrogen functional groups attached to an aromatic ring is 1. The highest BCUT2D eigenvalue weighted by molar-refractivity contribution is 6.11. The summed E-state index contributed by atoms with van der Waals surface area (Å²) in [6, 6.07) is 4.70. The van der Waals surface area contributed by atoms with Gasteiger partial charge in [-0.3, -0.25) is 14.5 Å². The van der Waals surface area contributed by atoms with Gasteiger partial charge in [-0.25, -0.2) is 9.37 Å². The van der Waals surface area contributed by atoms with E-state index in [-0.39, 0.29) is 35.7 Å². The number of rotatable bonds is 5. The number of nitrogens with two attached hydrogens (primary N) is 1. The van der Waals surface area contributed by atoms with Crippen molar-refractivity contribution in [3.63, 3.8) is 0 Å². The zero-order valence-corrected chi connectivity index (χ0v) is 18.7. The first-order valence-electron chi connectivity index (χ1n) is 10.5. The number of carbonyl (C=O) groups excluding carboxylic acids is 1. The largest absolute Gasteiger partial charge is 0.417 e. The van der Waals surface area contributed by atoms with Gasteiger partial charge in [-0.15, -0.1) is 0 Å². The average molecular weight is 474 g/mol. The van der Waals surface area contributed by atoms with Gasteiger partial charge in [-0.2, -0.15) is 18.3 Å². The third-order valence-electron chi connectivity index (χ3n) is 5.58. The molecule has 0 saturated carbocycles. The Balaban J connectivity index is 1.75. The van der Waals surface area contributed by atoms with Gasteiger partial charge < -0.3 is 10.6 Å². The van der Waals surface area contributed by atoms with Gasteiger partial charge in [0, 0.05) is 31.2 Å². The number of anilines is 1. The number of pyridine rings is 2. The molecule has 3 heterocycles. The second kappa shape index (κ2) is 8.54. The first-order valence-corrected chi connectivity index (χ1v) is 10.5. The SMILES string of the molecule is CCCN(Cc1ccc(C(F)(F)F)cn1)C(=O)c1cc2c(cc1F)nc(N)c1c(C)nn(C)c12. The maximum atomic E-state index is 15.0. The Kier molecular flexibility index (Phi) is 5.88.